The number of methoxy groups -OCH3 is 1. The molecule has 0 amide bonds. The summed E-state index contributed by atoms with van der Waals surface area (Å²) in [5, 5.41) is 12.2. The molecular formula is C12H10ClF6N4OP. The van der Waals surface area contributed by atoms with Crippen LogP contribution in [0.1, 0.15) is 0 Å². The third-order valence-corrected chi connectivity index (χ3v) is 2.61. The molecule has 0 aliphatic heterocycles. The zero-order chi connectivity index (χ0) is 19.4. The Hall–Kier alpha value is -2.31. The van der Waals surface area contributed by atoms with Crippen molar-refractivity contribution in [3.8, 4) is 5.75 Å². The first-order valence-electron chi connectivity index (χ1n) is 6.16. The van der Waals surface area contributed by atoms with Crippen LogP contribution in [0.3, 0.4) is 0 Å². The third kappa shape index (κ3) is 9.54. The van der Waals surface area contributed by atoms with Crippen LogP contribution >= 0.6 is 19.4 Å². The molecule has 0 spiro atoms. The van der Waals surface area contributed by atoms with Gasteiger partial charge in [-0.25, -0.2) is 4.98 Å². The van der Waals surface area contributed by atoms with Gasteiger partial charge in [-0.15, -0.1) is 0 Å². The number of nitrogens with zero attached hydrogens (tertiary/aromatic N) is 3. The van der Waals surface area contributed by atoms with Gasteiger partial charge in [-0.2, -0.15) is 0 Å². The van der Waals surface area contributed by atoms with E-state index in [1.807, 2.05) is 18.2 Å². The fourth-order valence-corrected chi connectivity index (χ4v) is 1.66. The van der Waals surface area contributed by atoms with E-state index in [1.165, 1.54) is 13.2 Å². The van der Waals surface area contributed by atoms with Crippen LogP contribution < -0.4 is 10.1 Å². The van der Waals surface area contributed by atoms with E-state index >= 15 is 0 Å². The van der Waals surface area contributed by atoms with Gasteiger partial charge in [0.05, 0.1) is 18.9 Å². The quantitative estimate of drug-likeness (QED) is 0.329. The molecule has 1 N–H and O–H groups in total. The van der Waals surface area contributed by atoms with Crippen LogP contribution in [0.2, 0.25) is 5.02 Å². The van der Waals surface area contributed by atoms with E-state index in [1.54, 1.807) is 12.3 Å². The fourth-order valence-electron chi connectivity index (χ4n) is 1.46. The van der Waals surface area contributed by atoms with Crippen molar-refractivity contribution < 1.29 is 29.9 Å². The molecular weight excluding hydrogens is 397 g/mol. The second-order valence-electron chi connectivity index (χ2n) is 4.40. The van der Waals surface area contributed by atoms with Crippen molar-refractivity contribution in [2.24, 2.45) is 0 Å². The number of ether oxygens (including phenoxy) is 1. The molecule has 1 aromatic carbocycles. The van der Waals surface area contributed by atoms with Gasteiger partial charge in [-0.3, -0.25) is 0 Å². The molecule has 0 fully saturated rings. The minimum absolute atomic E-state index is 0.250. The summed E-state index contributed by atoms with van der Waals surface area (Å²) in [6.07, 6.45) is 1.67. The molecule has 0 aliphatic carbocycles. The molecule has 2 aromatic rings. The van der Waals surface area contributed by atoms with E-state index in [9.17, 15) is 25.2 Å². The van der Waals surface area contributed by atoms with Crippen molar-refractivity contribution in [1.82, 2.24) is 4.98 Å². The van der Waals surface area contributed by atoms with Gasteiger partial charge in [0.2, 0.25) is 5.39 Å². The van der Waals surface area contributed by atoms with E-state index < -0.39 is 7.81 Å². The number of aromatic nitrogens is 1. The molecule has 0 radical (unpaired) electrons. The van der Waals surface area contributed by atoms with Crippen LogP contribution in [0.4, 0.5) is 42.4 Å². The number of hydrogen-bond donors (Lipinski definition) is 1. The summed E-state index contributed by atoms with van der Waals surface area (Å²) in [6, 6.07) is 8.65. The molecule has 2 rings (SSSR count). The standard InChI is InChI=1S/C12H10ClN4O.F6P/c1-18-11-7-9(17-14)8(13)6-10(11)16-12-4-2-3-5-15-12;1-7(2,3,4,5)6/h2-7H,1H3,(H,15,16);/q+1;-1. The van der Waals surface area contributed by atoms with Crippen molar-refractivity contribution in [3.05, 3.63) is 46.5 Å². The van der Waals surface area contributed by atoms with Gasteiger partial charge in [-0.05, 0) is 18.2 Å². The van der Waals surface area contributed by atoms with E-state index in [2.05, 4.69) is 15.3 Å². The SMILES string of the molecule is COc1cc([N+]#N)c(Cl)cc1Nc1ccccn1.F[P-](F)(F)(F)(F)F. The van der Waals surface area contributed by atoms with Gasteiger partial charge in [0.15, 0.2) is 10.7 Å². The Labute approximate surface area is 142 Å². The summed E-state index contributed by atoms with van der Waals surface area (Å²) in [5.41, 5.74) is 0.897. The first-order valence-corrected chi connectivity index (χ1v) is 8.57. The maximum atomic E-state index is 9.87. The fraction of sp³-hybridized carbons (Fsp3) is 0.0833. The average Bonchev–Trinajstić information content (AvgIpc) is 2.45. The molecule has 0 saturated carbocycles. The summed E-state index contributed by atoms with van der Waals surface area (Å²) >= 11 is 5.95. The monoisotopic (exact) mass is 406 g/mol. The number of benzene rings is 1. The van der Waals surface area contributed by atoms with Gasteiger partial charge in [0.1, 0.15) is 10.8 Å². The van der Waals surface area contributed by atoms with Gasteiger partial charge in [0.25, 0.3) is 0 Å². The van der Waals surface area contributed by atoms with Crippen molar-refractivity contribution >= 4 is 36.6 Å². The van der Waals surface area contributed by atoms with Crippen LogP contribution in [0.25, 0.3) is 4.98 Å². The summed E-state index contributed by atoms with van der Waals surface area (Å²) in [4.78, 5) is 7.21. The van der Waals surface area contributed by atoms with E-state index in [4.69, 9.17) is 21.7 Å². The van der Waals surface area contributed by atoms with Crippen molar-refractivity contribution in [2.75, 3.05) is 12.4 Å². The van der Waals surface area contributed by atoms with Crippen molar-refractivity contribution in [1.29, 1.82) is 5.39 Å². The van der Waals surface area contributed by atoms with Crippen LogP contribution in [0.15, 0.2) is 36.5 Å². The second-order valence-corrected chi connectivity index (χ2v) is 6.73. The molecule has 13 heteroatoms. The Balaban J connectivity index is 0.000000381. The Bertz CT molecular complexity index is 784. The number of nitrogens with one attached hydrogen (secondary N) is 1. The molecule has 25 heavy (non-hydrogen) atoms. The van der Waals surface area contributed by atoms with Gasteiger partial charge >= 0.3 is 38.7 Å². The zero-order valence-corrected chi connectivity index (χ0v) is 14.0. The first kappa shape index (κ1) is 20.7. The summed E-state index contributed by atoms with van der Waals surface area (Å²) < 4.78 is 64.4. The Kier molecular flexibility index (Phi) is 5.42. The predicted octanol–water partition coefficient (Wildman–Crippen LogP) is 7.35. The molecule has 1 heterocycles. The molecule has 0 atom stereocenters. The van der Waals surface area contributed by atoms with Crippen molar-refractivity contribution in [2.45, 2.75) is 0 Å². The number of hydrogen-bond acceptors (Lipinski definition) is 4. The maximum absolute atomic E-state index is 10.7. The number of halogens is 7. The zero-order valence-electron chi connectivity index (χ0n) is 12.3. The van der Waals surface area contributed by atoms with Gasteiger partial charge in [0, 0.05) is 6.20 Å². The van der Waals surface area contributed by atoms with E-state index in [0.717, 1.165) is 0 Å². The summed E-state index contributed by atoms with van der Waals surface area (Å²) in [5.74, 6) is 1.18. The van der Waals surface area contributed by atoms with Crippen LogP contribution in [0.5, 0.6) is 5.75 Å². The van der Waals surface area contributed by atoms with E-state index in [0.29, 0.717) is 22.3 Å². The first-order chi connectivity index (χ1) is 11.2. The number of anilines is 2. The second kappa shape index (κ2) is 6.54. The van der Waals surface area contributed by atoms with E-state index in [-0.39, 0.29) is 5.69 Å². The van der Waals surface area contributed by atoms with Gasteiger partial charge in [-0.1, -0.05) is 17.7 Å². The Morgan fingerprint density at radius 1 is 1.16 bits per heavy atom. The molecule has 5 nitrogen and oxygen atoms in total. The van der Waals surface area contributed by atoms with Crippen LogP contribution in [0, 0.1) is 5.39 Å². The minimum atomic E-state index is -10.7. The van der Waals surface area contributed by atoms with Crippen LogP contribution in [-0.2, 0) is 0 Å². The number of diazo groups is 1. The third-order valence-electron chi connectivity index (χ3n) is 2.30. The average molecular weight is 407 g/mol. The Morgan fingerprint density at radius 3 is 2.20 bits per heavy atom. The topological polar surface area (TPSA) is 62.3 Å². The summed E-state index contributed by atoms with van der Waals surface area (Å²) in [7, 11) is -9.14. The Morgan fingerprint density at radius 2 is 1.76 bits per heavy atom. The molecule has 0 aliphatic rings. The number of pyridine rings is 1. The predicted molar refractivity (Wildman–Crippen MR) is 83.8 cm³/mol. The van der Waals surface area contributed by atoms with Crippen molar-refractivity contribution in [3.63, 3.8) is 0 Å². The molecule has 0 saturated heterocycles. The molecule has 0 unspecified atom stereocenters. The summed E-state index contributed by atoms with van der Waals surface area (Å²) in [6.45, 7) is 0. The molecule has 138 valence electrons. The van der Waals surface area contributed by atoms with Gasteiger partial charge < -0.3 is 10.1 Å². The van der Waals surface area contributed by atoms with Crippen LogP contribution in [-0.4, -0.2) is 12.1 Å². The molecule has 1 aromatic heterocycles. The number of rotatable bonds is 3. The molecule has 0 bridgehead atoms. The normalized spacial score (nSPS) is 13.4.